The maximum Gasteiger partial charge on any atom is 0.170 e. The maximum atomic E-state index is 4.24. The number of H-pyrrole nitrogens is 1. The monoisotopic (exact) mass is 259 g/mol. The molecule has 0 amide bonds. The highest BCUT2D eigenvalue weighted by Crippen LogP contribution is 2.28. The standard InChI is InChI=1S/C14H17N3S/c1-10-8-11(9-17-12-3-4-12)2-5-13(10)18-14-15-6-7-16-14/h2,5-8,12,17H,3-4,9H2,1H3,(H,15,16). The van der Waals surface area contributed by atoms with Gasteiger partial charge in [0.2, 0.25) is 0 Å². The number of nitrogens with zero attached hydrogens (tertiary/aromatic N) is 1. The molecule has 0 saturated heterocycles. The first-order valence-corrected chi connectivity index (χ1v) is 7.13. The third-order valence-electron chi connectivity index (χ3n) is 3.09. The lowest BCUT2D eigenvalue weighted by Crippen LogP contribution is -2.15. The van der Waals surface area contributed by atoms with Crippen molar-refractivity contribution >= 4 is 11.8 Å². The van der Waals surface area contributed by atoms with Gasteiger partial charge >= 0.3 is 0 Å². The van der Waals surface area contributed by atoms with Crippen molar-refractivity contribution in [2.75, 3.05) is 0 Å². The van der Waals surface area contributed by atoms with E-state index in [1.54, 1.807) is 18.0 Å². The fraction of sp³-hybridized carbons (Fsp3) is 0.357. The molecular weight excluding hydrogens is 242 g/mol. The fourth-order valence-corrected chi connectivity index (χ4v) is 2.70. The van der Waals surface area contributed by atoms with Crippen LogP contribution in [-0.2, 0) is 6.54 Å². The van der Waals surface area contributed by atoms with Gasteiger partial charge in [0, 0.05) is 29.9 Å². The molecule has 2 N–H and O–H groups in total. The number of nitrogens with one attached hydrogen (secondary N) is 2. The summed E-state index contributed by atoms with van der Waals surface area (Å²) in [6, 6.07) is 7.42. The Morgan fingerprint density at radius 1 is 1.44 bits per heavy atom. The normalized spacial score (nSPS) is 14.9. The second-order valence-corrected chi connectivity index (χ2v) is 5.78. The Morgan fingerprint density at radius 3 is 3.00 bits per heavy atom. The Kier molecular flexibility index (Phi) is 3.39. The van der Waals surface area contributed by atoms with Gasteiger partial charge in [-0.05, 0) is 37.0 Å². The van der Waals surface area contributed by atoms with Crippen molar-refractivity contribution in [3.05, 3.63) is 41.7 Å². The first-order chi connectivity index (χ1) is 8.81. The van der Waals surface area contributed by atoms with Crippen molar-refractivity contribution in [1.29, 1.82) is 0 Å². The van der Waals surface area contributed by atoms with E-state index in [9.17, 15) is 0 Å². The summed E-state index contributed by atoms with van der Waals surface area (Å²) in [5.74, 6) is 0. The molecule has 0 radical (unpaired) electrons. The van der Waals surface area contributed by atoms with Crippen molar-refractivity contribution in [2.24, 2.45) is 0 Å². The molecule has 1 aliphatic carbocycles. The fourth-order valence-electron chi connectivity index (χ4n) is 1.90. The quantitative estimate of drug-likeness (QED) is 0.866. The van der Waals surface area contributed by atoms with E-state index in [1.807, 2.05) is 6.20 Å². The van der Waals surface area contributed by atoms with Crippen LogP contribution in [0.1, 0.15) is 24.0 Å². The van der Waals surface area contributed by atoms with Crippen LogP contribution in [0.3, 0.4) is 0 Å². The van der Waals surface area contributed by atoms with Crippen LogP contribution in [0.5, 0.6) is 0 Å². The molecule has 1 saturated carbocycles. The molecule has 18 heavy (non-hydrogen) atoms. The smallest absolute Gasteiger partial charge is 0.170 e. The lowest BCUT2D eigenvalue weighted by Gasteiger charge is -2.08. The number of benzene rings is 1. The van der Waals surface area contributed by atoms with Gasteiger partial charge in [0.05, 0.1) is 0 Å². The zero-order chi connectivity index (χ0) is 12.4. The molecule has 0 bridgehead atoms. The van der Waals surface area contributed by atoms with Crippen molar-refractivity contribution in [2.45, 2.75) is 42.4 Å². The van der Waals surface area contributed by atoms with Crippen molar-refractivity contribution in [1.82, 2.24) is 15.3 Å². The Bertz CT molecular complexity index is 518. The van der Waals surface area contributed by atoms with Crippen molar-refractivity contribution < 1.29 is 0 Å². The van der Waals surface area contributed by atoms with E-state index in [2.05, 4.69) is 40.4 Å². The molecule has 0 aliphatic heterocycles. The van der Waals surface area contributed by atoms with E-state index in [-0.39, 0.29) is 0 Å². The van der Waals surface area contributed by atoms with Gasteiger partial charge in [0.1, 0.15) is 0 Å². The predicted molar refractivity (Wildman–Crippen MR) is 73.8 cm³/mol. The minimum absolute atomic E-state index is 0.766. The number of aromatic amines is 1. The summed E-state index contributed by atoms with van der Waals surface area (Å²) < 4.78 is 0. The van der Waals surface area contributed by atoms with Gasteiger partial charge in [0.25, 0.3) is 0 Å². The van der Waals surface area contributed by atoms with Gasteiger partial charge in [0.15, 0.2) is 5.16 Å². The highest BCUT2D eigenvalue weighted by molar-refractivity contribution is 7.99. The first-order valence-electron chi connectivity index (χ1n) is 6.31. The summed E-state index contributed by atoms with van der Waals surface area (Å²) in [6.07, 6.45) is 6.31. The molecule has 1 aliphatic rings. The molecule has 0 unspecified atom stereocenters. The highest BCUT2D eigenvalue weighted by Gasteiger charge is 2.19. The summed E-state index contributed by atoms with van der Waals surface area (Å²) in [5, 5.41) is 4.49. The summed E-state index contributed by atoms with van der Waals surface area (Å²) in [7, 11) is 0. The van der Waals surface area contributed by atoms with E-state index in [4.69, 9.17) is 0 Å². The zero-order valence-corrected chi connectivity index (χ0v) is 11.3. The third kappa shape index (κ3) is 2.94. The Labute approximate surface area is 111 Å². The van der Waals surface area contributed by atoms with Crippen molar-refractivity contribution in [3.63, 3.8) is 0 Å². The minimum Gasteiger partial charge on any atom is -0.339 e. The number of hydrogen-bond donors (Lipinski definition) is 2. The molecule has 4 heteroatoms. The zero-order valence-electron chi connectivity index (χ0n) is 10.4. The average Bonchev–Trinajstić information content (AvgIpc) is 3.06. The number of imidazole rings is 1. The Morgan fingerprint density at radius 2 is 2.33 bits per heavy atom. The van der Waals surface area contributed by atoms with Gasteiger partial charge in [-0.3, -0.25) is 0 Å². The molecule has 3 rings (SSSR count). The van der Waals surface area contributed by atoms with Crippen LogP contribution in [0.15, 0.2) is 40.6 Å². The lowest BCUT2D eigenvalue weighted by atomic mass is 10.1. The van der Waals surface area contributed by atoms with E-state index >= 15 is 0 Å². The van der Waals surface area contributed by atoms with E-state index in [0.717, 1.165) is 17.7 Å². The van der Waals surface area contributed by atoms with E-state index in [0.29, 0.717) is 0 Å². The van der Waals surface area contributed by atoms with Crippen LogP contribution in [-0.4, -0.2) is 16.0 Å². The van der Waals surface area contributed by atoms with E-state index in [1.165, 1.54) is 28.9 Å². The van der Waals surface area contributed by atoms with Crippen LogP contribution in [0.2, 0.25) is 0 Å². The van der Waals surface area contributed by atoms with Gasteiger partial charge in [-0.2, -0.15) is 0 Å². The molecule has 3 nitrogen and oxygen atoms in total. The van der Waals surface area contributed by atoms with Crippen LogP contribution in [0.25, 0.3) is 0 Å². The number of aromatic nitrogens is 2. The molecule has 0 atom stereocenters. The molecule has 1 aromatic carbocycles. The topological polar surface area (TPSA) is 40.7 Å². The maximum absolute atomic E-state index is 4.24. The molecular formula is C14H17N3S. The van der Waals surface area contributed by atoms with Gasteiger partial charge in [-0.25, -0.2) is 4.98 Å². The Hall–Kier alpha value is -1.26. The Balaban J connectivity index is 1.67. The molecule has 1 aromatic heterocycles. The van der Waals surface area contributed by atoms with Crippen LogP contribution in [0.4, 0.5) is 0 Å². The lowest BCUT2D eigenvalue weighted by molar-refractivity contribution is 0.687. The third-order valence-corrected chi connectivity index (χ3v) is 4.19. The molecule has 1 heterocycles. The van der Waals surface area contributed by atoms with E-state index < -0.39 is 0 Å². The van der Waals surface area contributed by atoms with Crippen LogP contribution in [0, 0.1) is 6.92 Å². The summed E-state index contributed by atoms with van der Waals surface area (Å²) in [5.41, 5.74) is 2.68. The van der Waals surface area contributed by atoms with Crippen LogP contribution >= 0.6 is 11.8 Å². The minimum atomic E-state index is 0.766. The molecule has 0 spiro atoms. The second kappa shape index (κ2) is 5.16. The number of rotatable bonds is 5. The van der Waals surface area contributed by atoms with Gasteiger partial charge < -0.3 is 10.3 Å². The highest BCUT2D eigenvalue weighted by atomic mass is 32.2. The predicted octanol–water partition coefficient (Wildman–Crippen LogP) is 3.12. The summed E-state index contributed by atoms with van der Waals surface area (Å²) in [4.78, 5) is 8.62. The number of aryl methyl sites for hydroxylation is 1. The molecule has 1 fully saturated rings. The summed E-state index contributed by atoms with van der Waals surface area (Å²) in [6.45, 7) is 3.14. The first kappa shape index (κ1) is 11.8. The van der Waals surface area contributed by atoms with Gasteiger partial charge in [-0.15, -0.1) is 0 Å². The number of hydrogen-bond acceptors (Lipinski definition) is 3. The summed E-state index contributed by atoms with van der Waals surface area (Å²) >= 11 is 1.68. The molecule has 2 aromatic rings. The van der Waals surface area contributed by atoms with Gasteiger partial charge in [-0.1, -0.05) is 23.9 Å². The van der Waals surface area contributed by atoms with Crippen LogP contribution < -0.4 is 5.32 Å². The second-order valence-electron chi connectivity index (χ2n) is 4.75. The van der Waals surface area contributed by atoms with Crippen molar-refractivity contribution in [3.8, 4) is 0 Å². The molecule has 94 valence electrons. The largest absolute Gasteiger partial charge is 0.339 e. The average molecular weight is 259 g/mol. The SMILES string of the molecule is Cc1cc(CNC2CC2)ccc1Sc1ncc[nH]1.